The number of sulfonamides is 1. The van der Waals surface area contributed by atoms with Gasteiger partial charge >= 0.3 is 0 Å². The van der Waals surface area contributed by atoms with Gasteiger partial charge < -0.3 is 0 Å². The van der Waals surface area contributed by atoms with Crippen LogP contribution in [0.1, 0.15) is 5.56 Å². The van der Waals surface area contributed by atoms with Gasteiger partial charge in [0.15, 0.2) is 0 Å². The predicted molar refractivity (Wildman–Crippen MR) is 84.3 cm³/mol. The monoisotopic (exact) mass is 307 g/mol. The van der Waals surface area contributed by atoms with Gasteiger partial charge in [0.25, 0.3) is 10.0 Å². The van der Waals surface area contributed by atoms with Gasteiger partial charge in [0.1, 0.15) is 0 Å². The molecular weight excluding hydrogens is 294 g/mol. The van der Waals surface area contributed by atoms with Crippen LogP contribution in [0.3, 0.4) is 0 Å². The molecule has 0 atom stereocenters. The zero-order chi connectivity index (χ0) is 14.6. The van der Waals surface area contributed by atoms with Crippen LogP contribution in [0.25, 0.3) is 6.08 Å². The normalized spacial score (nSPS) is 11.7. The summed E-state index contributed by atoms with van der Waals surface area (Å²) in [7, 11) is -1.98. The summed E-state index contributed by atoms with van der Waals surface area (Å²) in [4.78, 5) is 0. The maximum atomic E-state index is 12.2. The molecule has 0 saturated carbocycles. The van der Waals surface area contributed by atoms with E-state index in [9.17, 15) is 8.42 Å². The second-order valence-corrected chi connectivity index (χ2v) is 6.49. The Morgan fingerprint density at radius 3 is 2.20 bits per heavy atom. The van der Waals surface area contributed by atoms with Gasteiger partial charge in [-0.25, -0.2) is 8.42 Å². The SMILES string of the molecule is CN(c1ccccc1)S(=O)(=O)/C=C/c1ccc(Cl)cc1. The predicted octanol–water partition coefficient (Wildman–Crippen LogP) is 3.78. The molecule has 5 heteroatoms. The van der Waals surface area contributed by atoms with Crippen LogP contribution in [0.4, 0.5) is 5.69 Å². The quantitative estimate of drug-likeness (QED) is 0.862. The summed E-state index contributed by atoms with van der Waals surface area (Å²) in [5.41, 5.74) is 1.40. The van der Waals surface area contributed by atoms with E-state index in [1.165, 1.54) is 16.8 Å². The Bertz CT molecular complexity index is 694. The number of anilines is 1. The van der Waals surface area contributed by atoms with E-state index >= 15 is 0 Å². The third kappa shape index (κ3) is 3.62. The maximum absolute atomic E-state index is 12.2. The molecule has 0 saturated heterocycles. The summed E-state index contributed by atoms with van der Waals surface area (Å²) >= 11 is 5.78. The van der Waals surface area contributed by atoms with Gasteiger partial charge in [-0.2, -0.15) is 0 Å². The summed E-state index contributed by atoms with van der Waals surface area (Å²) in [6.45, 7) is 0. The first-order valence-corrected chi connectivity index (χ1v) is 7.85. The second kappa shape index (κ2) is 6.11. The molecular formula is C15H14ClNO2S. The molecule has 0 fully saturated rings. The molecule has 104 valence electrons. The van der Waals surface area contributed by atoms with Gasteiger partial charge in [0, 0.05) is 12.1 Å². The van der Waals surface area contributed by atoms with Crippen molar-refractivity contribution in [3.63, 3.8) is 0 Å². The summed E-state index contributed by atoms with van der Waals surface area (Å²) in [5, 5.41) is 1.80. The minimum Gasteiger partial charge on any atom is -0.270 e. The van der Waals surface area contributed by atoms with Crippen molar-refractivity contribution >= 4 is 33.4 Å². The maximum Gasteiger partial charge on any atom is 0.257 e. The standard InChI is InChI=1S/C15H14ClNO2S/c1-17(15-5-3-2-4-6-15)20(18,19)12-11-13-7-9-14(16)10-8-13/h2-12H,1H3/b12-11+. The largest absolute Gasteiger partial charge is 0.270 e. The number of hydrogen-bond acceptors (Lipinski definition) is 2. The molecule has 0 spiro atoms. The smallest absolute Gasteiger partial charge is 0.257 e. The number of para-hydroxylation sites is 1. The minimum atomic E-state index is -3.50. The van der Waals surface area contributed by atoms with E-state index in [2.05, 4.69) is 0 Å². The topological polar surface area (TPSA) is 37.4 Å². The second-order valence-electron chi connectivity index (χ2n) is 4.20. The van der Waals surface area contributed by atoms with Crippen molar-refractivity contribution < 1.29 is 8.42 Å². The highest BCUT2D eigenvalue weighted by molar-refractivity contribution is 7.95. The van der Waals surface area contributed by atoms with E-state index < -0.39 is 10.0 Å². The summed E-state index contributed by atoms with van der Waals surface area (Å²) < 4.78 is 25.6. The highest BCUT2D eigenvalue weighted by Gasteiger charge is 2.14. The Balaban J connectivity index is 2.21. The fourth-order valence-electron chi connectivity index (χ4n) is 1.61. The number of nitrogens with zero attached hydrogens (tertiary/aromatic N) is 1. The van der Waals surface area contributed by atoms with Gasteiger partial charge in [-0.05, 0) is 35.9 Å². The van der Waals surface area contributed by atoms with Crippen LogP contribution in [-0.2, 0) is 10.0 Å². The molecule has 3 nitrogen and oxygen atoms in total. The third-order valence-electron chi connectivity index (χ3n) is 2.80. The molecule has 0 aromatic heterocycles. The van der Waals surface area contributed by atoms with Gasteiger partial charge in [0.2, 0.25) is 0 Å². The number of rotatable bonds is 4. The molecule has 0 radical (unpaired) electrons. The van der Waals surface area contributed by atoms with Crippen LogP contribution < -0.4 is 4.31 Å². The molecule has 2 aromatic rings. The lowest BCUT2D eigenvalue weighted by atomic mass is 10.2. The zero-order valence-electron chi connectivity index (χ0n) is 10.9. The Morgan fingerprint density at radius 2 is 1.60 bits per heavy atom. The molecule has 0 amide bonds. The van der Waals surface area contributed by atoms with Crippen LogP contribution in [-0.4, -0.2) is 15.5 Å². The number of halogens is 1. The van der Waals surface area contributed by atoms with Gasteiger partial charge in [-0.3, -0.25) is 4.31 Å². The van der Waals surface area contributed by atoms with E-state index in [0.29, 0.717) is 10.7 Å². The molecule has 2 rings (SSSR count). The Morgan fingerprint density at radius 1 is 1.00 bits per heavy atom. The van der Waals surface area contributed by atoms with Gasteiger partial charge in [-0.1, -0.05) is 41.9 Å². The molecule has 20 heavy (non-hydrogen) atoms. The lowest BCUT2D eigenvalue weighted by Gasteiger charge is -2.16. The average molecular weight is 308 g/mol. The van der Waals surface area contributed by atoms with Crippen molar-refractivity contribution in [3.8, 4) is 0 Å². The van der Waals surface area contributed by atoms with Crippen LogP contribution in [0.5, 0.6) is 0 Å². The molecule has 0 aliphatic heterocycles. The molecule has 0 aliphatic rings. The summed E-state index contributed by atoms with van der Waals surface area (Å²) in [6, 6.07) is 15.9. The molecule has 0 N–H and O–H groups in total. The first-order valence-electron chi connectivity index (χ1n) is 5.97. The lowest BCUT2D eigenvalue weighted by Crippen LogP contribution is -2.23. The van der Waals surface area contributed by atoms with Crippen molar-refractivity contribution in [1.29, 1.82) is 0 Å². The first-order chi connectivity index (χ1) is 9.49. The van der Waals surface area contributed by atoms with E-state index in [1.54, 1.807) is 54.6 Å². The molecule has 0 aliphatic carbocycles. The Kier molecular flexibility index (Phi) is 4.47. The highest BCUT2D eigenvalue weighted by atomic mass is 35.5. The average Bonchev–Trinajstić information content (AvgIpc) is 2.47. The van der Waals surface area contributed by atoms with Crippen LogP contribution in [0.2, 0.25) is 5.02 Å². The Labute approximate surface area is 124 Å². The highest BCUT2D eigenvalue weighted by Crippen LogP contribution is 2.17. The van der Waals surface area contributed by atoms with Crippen LogP contribution >= 0.6 is 11.6 Å². The first kappa shape index (κ1) is 14.6. The lowest BCUT2D eigenvalue weighted by molar-refractivity contribution is 0.603. The van der Waals surface area contributed by atoms with Gasteiger partial charge in [0.05, 0.1) is 11.1 Å². The van der Waals surface area contributed by atoms with Crippen molar-refractivity contribution in [2.24, 2.45) is 0 Å². The zero-order valence-corrected chi connectivity index (χ0v) is 12.5. The van der Waals surface area contributed by atoms with E-state index in [-0.39, 0.29) is 0 Å². The van der Waals surface area contributed by atoms with E-state index in [0.717, 1.165) is 5.56 Å². The summed E-state index contributed by atoms with van der Waals surface area (Å²) in [6.07, 6.45) is 1.55. The Hall–Kier alpha value is -1.78. The van der Waals surface area contributed by atoms with E-state index in [4.69, 9.17) is 11.6 Å². The fraction of sp³-hybridized carbons (Fsp3) is 0.0667. The van der Waals surface area contributed by atoms with Gasteiger partial charge in [-0.15, -0.1) is 0 Å². The van der Waals surface area contributed by atoms with Crippen LogP contribution in [0, 0.1) is 0 Å². The number of hydrogen-bond donors (Lipinski definition) is 0. The number of benzene rings is 2. The molecule has 2 aromatic carbocycles. The molecule has 0 unspecified atom stereocenters. The molecule has 0 heterocycles. The molecule has 0 bridgehead atoms. The van der Waals surface area contributed by atoms with Crippen molar-refractivity contribution in [2.75, 3.05) is 11.4 Å². The third-order valence-corrected chi connectivity index (χ3v) is 4.51. The summed E-state index contributed by atoms with van der Waals surface area (Å²) in [5.74, 6) is 0. The minimum absolute atomic E-state index is 0.617. The van der Waals surface area contributed by atoms with E-state index in [1.807, 2.05) is 6.07 Å². The van der Waals surface area contributed by atoms with Crippen molar-refractivity contribution in [2.45, 2.75) is 0 Å². The fourth-order valence-corrected chi connectivity index (χ4v) is 2.67. The van der Waals surface area contributed by atoms with Crippen LogP contribution in [0.15, 0.2) is 60.0 Å². The van der Waals surface area contributed by atoms with Crippen molar-refractivity contribution in [1.82, 2.24) is 0 Å². The van der Waals surface area contributed by atoms with Crippen molar-refractivity contribution in [3.05, 3.63) is 70.6 Å².